The molecule has 2 N–H and O–H groups in total. The summed E-state index contributed by atoms with van der Waals surface area (Å²) in [6.07, 6.45) is 0. The first kappa shape index (κ1) is 13.1. The van der Waals surface area contributed by atoms with Crippen LogP contribution in [0.3, 0.4) is 0 Å². The SMILES string of the molecule is Cc1nn(C)c(CNCc2ccc(O)cc2)c1Br. The quantitative estimate of drug-likeness (QED) is 0.912. The summed E-state index contributed by atoms with van der Waals surface area (Å²) in [5, 5.41) is 16.9. The molecular formula is C13H16BrN3O. The summed E-state index contributed by atoms with van der Waals surface area (Å²) in [4.78, 5) is 0. The Balaban J connectivity index is 1.94. The summed E-state index contributed by atoms with van der Waals surface area (Å²) < 4.78 is 2.94. The van der Waals surface area contributed by atoms with Gasteiger partial charge >= 0.3 is 0 Å². The number of rotatable bonds is 4. The van der Waals surface area contributed by atoms with Crippen LogP contribution >= 0.6 is 15.9 Å². The third-order valence-electron chi connectivity index (χ3n) is 2.82. The minimum Gasteiger partial charge on any atom is -0.508 e. The standard InChI is InChI=1S/C13H16BrN3O/c1-9-13(14)12(17(2)16-9)8-15-7-10-3-5-11(18)6-4-10/h3-6,15,18H,7-8H2,1-2H3. The highest BCUT2D eigenvalue weighted by atomic mass is 79.9. The highest BCUT2D eigenvalue weighted by Gasteiger charge is 2.09. The molecule has 4 nitrogen and oxygen atoms in total. The second-order valence-electron chi connectivity index (χ2n) is 4.24. The van der Waals surface area contributed by atoms with E-state index in [1.807, 2.05) is 30.8 Å². The third kappa shape index (κ3) is 2.91. The Labute approximate surface area is 115 Å². The van der Waals surface area contributed by atoms with Crippen molar-refractivity contribution in [2.24, 2.45) is 7.05 Å². The van der Waals surface area contributed by atoms with E-state index in [4.69, 9.17) is 0 Å². The first-order valence-electron chi connectivity index (χ1n) is 5.74. The Morgan fingerprint density at radius 3 is 2.50 bits per heavy atom. The van der Waals surface area contributed by atoms with Crippen molar-refractivity contribution in [3.63, 3.8) is 0 Å². The highest BCUT2D eigenvalue weighted by Crippen LogP contribution is 2.20. The fourth-order valence-electron chi connectivity index (χ4n) is 1.81. The largest absolute Gasteiger partial charge is 0.508 e. The van der Waals surface area contributed by atoms with E-state index in [9.17, 15) is 5.11 Å². The predicted molar refractivity (Wildman–Crippen MR) is 74.3 cm³/mol. The molecular weight excluding hydrogens is 294 g/mol. The van der Waals surface area contributed by atoms with Crippen molar-refractivity contribution in [2.75, 3.05) is 0 Å². The molecule has 2 rings (SSSR count). The van der Waals surface area contributed by atoms with Gasteiger partial charge in [0.2, 0.25) is 0 Å². The van der Waals surface area contributed by atoms with Crippen LogP contribution in [0, 0.1) is 6.92 Å². The fraction of sp³-hybridized carbons (Fsp3) is 0.308. The molecule has 1 aromatic heterocycles. The highest BCUT2D eigenvalue weighted by molar-refractivity contribution is 9.10. The molecule has 0 bridgehead atoms. The van der Waals surface area contributed by atoms with Crippen molar-refractivity contribution in [2.45, 2.75) is 20.0 Å². The Kier molecular flexibility index (Phi) is 4.04. The maximum atomic E-state index is 9.20. The zero-order chi connectivity index (χ0) is 13.1. The zero-order valence-electron chi connectivity index (χ0n) is 10.4. The number of aryl methyl sites for hydroxylation is 2. The number of hydrogen-bond donors (Lipinski definition) is 2. The monoisotopic (exact) mass is 309 g/mol. The van der Waals surface area contributed by atoms with Crippen LogP contribution in [0.2, 0.25) is 0 Å². The van der Waals surface area contributed by atoms with Gasteiger partial charge < -0.3 is 10.4 Å². The molecule has 1 aromatic carbocycles. The number of halogens is 1. The molecule has 1 heterocycles. The van der Waals surface area contributed by atoms with Gasteiger partial charge in [0.1, 0.15) is 5.75 Å². The topological polar surface area (TPSA) is 50.1 Å². The lowest BCUT2D eigenvalue weighted by atomic mass is 10.2. The van der Waals surface area contributed by atoms with E-state index in [1.165, 1.54) is 0 Å². The molecule has 2 aromatic rings. The lowest BCUT2D eigenvalue weighted by Gasteiger charge is -2.06. The number of aromatic nitrogens is 2. The molecule has 5 heteroatoms. The van der Waals surface area contributed by atoms with Crippen LogP contribution in [0.5, 0.6) is 5.75 Å². The van der Waals surface area contributed by atoms with Crippen LogP contribution in [-0.2, 0) is 20.1 Å². The molecule has 0 spiro atoms. The van der Waals surface area contributed by atoms with E-state index in [0.29, 0.717) is 5.75 Å². The van der Waals surface area contributed by atoms with Gasteiger partial charge in [-0.1, -0.05) is 12.1 Å². The summed E-state index contributed by atoms with van der Waals surface area (Å²) in [5.41, 5.74) is 3.27. The minimum atomic E-state index is 0.295. The van der Waals surface area contributed by atoms with Crippen LogP contribution in [-0.4, -0.2) is 14.9 Å². The van der Waals surface area contributed by atoms with Gasteiger partial charge in [-0.2, -0.15) is 5.10 Å². The molecule has 0 amide bonds. The molecule has 0 saturated heterocycles. The van der Waals surface area contributed by atoms with Crippen molar-refractivity contribution in [1.29, 1.82) is 0 Å². The molecule has 0 atom stereocenters. The third-order valence-corrected chi connectivity index (χ3v) is 3.85. The average molecular weight is 310 g/mol. The fourth-order valence-corrected chi connectivity index (χ4v) is 2.29. The number of phenols is 1. The predicted octanol–water partition coefficient (Wildman–Crippen LogP) is 2.49. The molecule has 0 aliphatic carbocycles. The van der Waals surface area contributed by atoms with Gasteiger partial charge in [0, 0.05) is 20.1 Å². The summed E-state index contributed by atoms with van der Waals surface area (Å²) in [7, 11) is 1.94. The maximum absolute atomic E-state index is 9.20. The van der Waals surface area contributed by atoms with Crippen molar-refractivity contribution < 1.29 is 5.11 Å². The van der Waals surface area contributed by atoms with E-state index in [0.717, 1.165) is 34.5 Å². The van der Waals surface area contributed by atoms with Gasteiger partial charge in [-0.05, 0) is 40.5 Å². The second-order valence-corrected chi connectivity index (χ2v) is 5.03. The van der Waals surface area contributed by atoms with Gasteiger partial charge in [-0.15, -0.1) is 0 Å². The van der Waals surface area contributed by atoms with E-state index in [1.54, 1.807) is 12.1 Å². The first-order valence-corrected chi connectivity index (χ1v) is 6.54. The molecule has 0 aliphatic rings. The minimum absolute atomic E-state index is 0.295. The molecule has 0 radical (unpaired) electrons. The van der Waals surface area contributed by atoms with Crippen LogP contribution in [0.15, 0.2) is 28.7 Å². The summed E-state index contributed by atoms with van der Waals surface area (Å²) in [6.45, 7) is 3.49. The number of hydrogen-bond acceptors (Lipinski definition) is 3. The maximum Gasteiger partial charge on any atom is 0.115 e. The number of phenolic OH excluding ortho intramolecular Hbond substituents is 1. The lowest BCUT2D eigenvalue weighted by molar-refractivity contribution is 0.475. The molecule has 18 heavy (non-hydrogen) atoms. The summed E-state index contributed by atoms with van der Waals surface area (Å²) in [5.74, 6) is 0.295. The summed E-state index contributed by atoms with van der Waals surface area (Å²) >= 11 is 3.54. The Morgan fingerprint density at radius 2 is 1.94 bits per heavy atom. The van der Waals surface area contributed by atoms with Crippen LogP contribution in [0.1, 0.15) is 17.0 Å². The van der Waals surface area contributed by atoms with E-state index in [-0.39, 0.29) is 0 Å². The number of nitrogens with one attached hydrogen (secondary N) is 1. The van der Waals surface area contributed by atoms with Gasteiger partial charge in [-0.3, -0.25) is 4.68 Å². The summed E-state index contributed by atoms with van der Waals surface area (Å²) in [6, 6.07) is 7.21. The Bertz CT molecular complexity index is 534. The van der Waals surface area contributed by atoms with Gasteiger partial charge in [0.25, 0.3) is 0 Å². The van der Waals surface area contributed by atoms with Gasteiger partial charge in [0.05, 0.1) is 15.9 Å². The lowest BCUT2D eigenvalue weighted by Crippen LogP contribution is -2.15. The average Bonchev–Trinajstić information content (AvgIpc) is 2.58. The van der Waals surface area contributed by atoms with Crippen LogP contribution in [0.25, 0.3) is 0 Å². The number of nitrogens with zero attached hydrogens (tertiary/aromatic N) is 2. The van der Waals surface area contributed by atoms with Crippen LogP contribution < -0.4 is 5.32 Å². The zero-order valence-corrected chi connectivity index (χ0v) is 12.0. The molecule has 0 fully saturated rings. The normalized spacial score (nSPS) is 10.8. The van der Waals surface area contributed by atoms with Crippen molar-refractivity contribution >= 4 is 15.9 Å². The molecule has 0 saturated carbocycles. The first-order chi connectivity index (χ1) is 8.58. The van der Waals surface area contributed by atoms with Crippen molar-refractivity contribution in [3.05, 3.63) is 45.7 Å². The van der Waals surface area contributed by atoms with Crippen molar-refractivity contribution in [1.82, 2.24) is 15.1 Å². The van der Waals surface area contributed by atoms with E-state index < -0.39 is 0 Å². The van der Waals surface area contributed by atoms with E-state index in [2.05, 4.69) is 26.3 Å². The number of aromatic hydroxyl groups is 1. The smallest absolute Gasteiger partial charge is 0.115 e. The molecule has 0 aliphatic heterocycles. The molecule has 96 valence electrons. The Hall–Kier alpha value is -1.33. The van der Waals surface area contributed by atoms with E-state index >= 15 is 0 Å². The molecule has 0 unspecified atom stereocenters. The van der Waals surface area contributed by atoms with Gasteiger partial charge in [0.15, 0.2) is 0 Å². The van der Waals surface area contributed by atoms with Crippen LogP contribution in [0.4, 0.5) is 0 Å². The van der Waals surface area contributed by atoms with Crippen molar-refractivity contribution in [3.8, 4) is 5.75 Å². The second kappa shape index (κ2) is 5.54. The number of benzene rings is 1. The van der Waals surface area contributed by atoms with Gasteiger partial charge in [-0.25, -0.2) is 0 Å². The Morgan fingerprint density at radius 1 is 1.28 bits per heavy atom.